The Labute approximate surface area is 183 Å². The second kappa shape index (κ2) is 9.21. The first-order chi connectivity index (χ1) is 14.5. The molecule has 0 bridgehead atoms. The fourth-order valence-electron chi connectivity index (χ4n) is 4.00. The van der Waals surface area contributed by atoms with Gasteiger partial charge >= 0.3 is 0 Å². The molecule has 6 heteroatoms. The lowest BCUT2D eigenvalue weighted by atomic mass is 10.1. The topological polar surface area (TPSA) is 51.6 Å². The molecule has 0 saturated carbocycles. The summed E-state index contributed by atoms with van der Waals surface area (Å²) < 4.78 is 0. The first kappa shape index (κ1) is 20.9. The molecule has 1 unspecified atom stereocenters. The molecule has 0 amide bonds. The Balaban J connectivity index is 1.56. The van der Waals surface area contributed by atoms with E-state index in [1.807, 2.05) is 18.2 Å². The average molecular weight is 425 g/mol. The van der Waals surface area contributed by atoms with Crippen molar-refractivity contribution in [3.05, 3.63) is 64.7 Å². The number of nitrogens with one attached hydrogen (secondary N) is 1. The molecule has 2 heterocycles. The van der Waals surface area contributed by atoms with Crippen molar-refractivity contribution in [2.75, 3.05) is 42.5 Å². The fourth-order valence-corrected chi connectivity index (χ4v) is 4.18. The van der Waals surface area contributed by atoms with Crippen LogP contribution in [-0.4, -0.2) is 48.9 Å². The molecule has 5 nitrogen and oxygen atoms in total. The molecule has 1 saturated heterocycles. The Morgan fingerprint density at radius 3 is 2.57 bits per heavy atom. The Bertz CT molecular complexity index is 1020. The van der Waals surface area contributed by atoms with E-state index in [4.69, 9.17) is 16.6 Å². The maximum atomic E-state index is 9.61. The molecule has 2 aromatic carbocycles. The van der Waals surface area contributed by atoms with Gasteiger partial charge < -0.3 is 20.2 Å². The number of piperazine rings is 1. The normalized spacial score (nSPS) is 15.6. The molecule has 2 N–H and O–H groups in total. The number of fused-ring (bicyclic) bond motifs is 1. The zero-order valence-corrected chi connectivity index (χ0v) is 18.4. The molecule has 1 aliphatic rings. The Morgan fingerprint density at radius 2 is 1.83 bits per heavy atom. The quantitative estimate of drug-likeness (QED) is 0.626. The number of benzene rings is 2. The highest BCUT2D eigenvalue weighted by molar-refractivity contribution is 6.30. The van der Waals surface area contributed by atoms with E-state index in [0.29, 0.717) is 13.1 Å². The highest BCUT2D eigenvalue weighted by Crippen LogP contribution is 2.27. The summed E-state index contributed by atoms with van der Waals surface area (Å²) in [5.41, 5.74) is 4.59. The van der Waals surface area contributed by atoms with E-state index in [-0.39, 0.29) is 6.10 Å². The molecule has 0 spiro atoms. The molecular weight excluding hydrogens is 396 g/mol. The third-order valence-corrected chi connectivity index (χ3v) is 5.77. The lowest BCUT2D eigenvalue weighted by Gasteiger charge is -2.37. The van der Waals surface area contributed by atoms with Crippen molar-refractivity contribution in [1.82, 2.24) is 10.3 Å². The number of nitrogens with zero attached hydrogens (tertiary/aromatic N) is 3. The summed E-state index contributed by atoms with van der Waals surface area (Å²) in [6.45, 7) is 8.81. The van der Waals surface area contributed by atoms with Crippen LogP contribution in [0, 0.1) is 6.92 Å². The molecule has 0 aliphatic carbocycles. The second-order valence-electron chi connectivity index (χ2n) is 8.10. The molecule has 3 aromatic rings. The predicted octanol–water partition coefficient (Wildman–Crippen LogP) is 3.99. The van der Waals surface area contributed by atoms with Gasteiger partial charge in [-0.2, -0.15) is 0 Å². The van der Waals surface area contributed by atoms with Gasteiger partial charge in [0.1, 0.15) is 5.82 Å². The number of hydrogen-bond acceptors (Lipinski definition) is 5. The standard InChI is InChI=1S/C24H29ClN4O/c1-17-6-7-23-19(12-17)13-20(16-26-15-18(2)30)24(27-23)29-10-8-28(9-11-29)22-5-3-4-21(25)14-22/h3-7,12-14,18,26,30H,8-11,15-16H2,1-2H3. The van der Waals surface area contributed by atoms with E-state index in [1.165, 1.54) is 16.8 Å². The van der Waals surface area contributed by atoms with E-state index in [1.54, 1.807) is 6.92 Å². The molecular formula is C24H29ClN4O. The van der Waals surface area contributed by atoms with E-state index in [0.717, 1.165) is 47.9 Å². The van der Waals surface area contributed by atoms with Gasteiger partial charge in [0.25, 0.3) is 0 Å². The summed E-state index contributed by atoms with van der Waals surface area (Å²) in [6.07, 6.45) is -0.370. The zero-order chi connectivity index (χ0) is 21.1. The van der Waals surface area contributed by atoms with Crippen LogP contribution in [0.1, 0.15) is 18.1 Å². The number of aliphatic hydroxyl groups excluding tert-OH is 1. The Kier molecular flexibility index (Phi) is 6.42. The molecule has 0 radical (unpaired) electrons. The number of pyridine rings is 1. The Morgan fingerprint density at radius 1 is 1.07 bits per heavy atom. The summed E-state index contributed by atoms with van der Waals surface area (Å²) in [7, 11) is 0. The zero-order valence-electron chi connectivity index (χ0n) is 17.6. The van der Waals surface area contributed by atoms with Crippen molar-refractivity contribution < 1.29 is 5.11 Å². The summed E-state index contributed by atoms with van der Waals surface area (Å²) in [5, 5.41) is 14.9. The number of aliphatic hydroxyl groups is 1. The molecule has 1 fully saturated rings. The van der Waals surface area contributed by atoms with E-state index >= 15 is 0 Å². The number of rotatable bonds is 6. The highest BCUT2D eigenvalue weighted by atomic mass is 35.5. The molecule has 158 valence electrons. The van der Waals surface area contributed by atoms with Gasteiger partial charge in [0.15, 0.2) is 0 Å². The largest absolute Gasteiger partial charge is 0.392 e. The Hall–Kier alpha value is -2.34. The van der Waals surface area contributed by atoms with Gasteiger partial charge in [0.05, 0.1) is 11.6 Å². The van der Waals surface area contributed by atoms with Gasteiger partial charge in [-0.05, 0) is 50.2 Å². The minimum atomic E-state index is -0.370. The van der Waals surface area contributed by atoms with Crippen LogP contribution in [0.15, 0.2) is 48.5 Å². The smallest absolute Gasteiger partial charge is 0.133 e. The van der Waals surface area contributed by atoms with Crippen molar-refractivity contribution >= 4 is 34.0 Å². The van der Waals surface area contributed by atoms with Crippen LogP contribution in [0.25, 0.3) is 10.9 Å². The minimum absolute atomic E-state index is 0.370. The predicted molar refractivity (Wildman–Crippen MR) is 126 cm³/mol. The van der Waals surface area contributed by atoms with Crippen molar-refractivity contribution in [3.63, 3.8) is 0 Å². The summed E-state index contributed by atoms with van der Waals surface area (Å²) in [5.74, 6) is 1.04. The third-order valence-electron chi connectivity index (χ3n) is 5.53. The van der Waals surface area contributed by atoms with Crippen LogP contribution in [-0.2, 0) is 6.54 Å². The van der Waals surface area contributed by atoms with Crippen molar-refractivity contribution in [3.8, 4) is 0 Å². The van der Waals surface area contributed by atoms with Crippen LogP contribution in [0.2, 0.25) is 5.02 Å². The number of aryl methyl sites for hydroxylation is 1. The van der Waals surface area contributed by atoms with Gasteiger partial charge in [0.2, 0.25) is 0 Å². The number of anilines is 2. The van der Waals surface area contributed by atoms with Crippen molar-refractivity contribution in [2.24, 2.45) is 0 Å². The maximum absolute atomic E-state index is 9.61. The van der Waals surface area contributed by atoms with Crippen LogP contribution in [0.4, 0.5) is 11.5 Å². The monoisotopic (exact) mass is 424 g/mol. The summed E-state index contributed by atoms with van der Waals surface area (Å²) in [4.78, 5) is 9.78. The van der Waals surface area contributed by atoms with Crippen molar-refractivity contribution in [1.29, 1.82) is 0 Å². The fraction of sp³-hybridized carbons (Fsp3) is 0.375. The van der Waals surface area contributed by atoms with E-state index < -0.39 is 0 Å². The SMILES string of the molecule is Cc1ccc2nc(N3CCN(c4cccc(Cl)c4)CC3)c(CNCC(C)O)cc2c1. The first-order valence-corrected chi connectivity index (χ1v) is 10.9. The summed E-state index contributed by atoms with van der Waals surface area (Å²) in [6, 6.07) is 16.7. The molecule has 30 heavy (non-hydrogen) atoms. The first-order valence-electron chi connectivity index (χ1n) is 10.5. The lowest BCUT2D eigenvalue weighted by molar-refractivity contribution is 0.191. The lowest BCUT2D eigenvalue weighted by Crippen LogP contribution is -2.47. The highest BCUT2D eigenvalue weighted by Gasteiger charge is 2.21. The van der Waals surface area contributed by atoms with Gasteiger partial charge in [0, 0.05) is 60.9 Å². The maximum Gasteiger partial charge on any atom is 0.133 e. The minimum Gasteiger partial charge on any atom is -0.392 e. The molecule has 1 atom stereocenters. The number of hydrogen-bond donors (Lipinski definition) is 2. The van der Waals surface area contributed by atoms with Gasteiger partial charge in [-0.1, -0.05) is 29.3 Å². The van der Waals surface area contributed by atoms with Gasteiger partial charge in [-0.25, -0.2) is 4.98 Å². The average Bonchev–Trinajstić information content (AvgIpc) is 2.73. The van der Waals surface area contributed by atoms with Crippen LogP contribution in [0.5, 0.6) is 0 Å². The van der Waals surface area contributed by atoms with Crippen molar-refractivity contribution in [2.45, 2.75) is 26.5 Å². The van der Waals surface area contributed by atoms with Gasteiger partial charge in [-0.15, -0.1) is 0 Å². The second-order valence-corrected chi connectivity index (χ2v) is 8.54. The molecule has 1 aromatic heterocycles. The van der Waals surface area contributed by atoms with E-state index in [9.17, 15) is 5.11 Å². The van der Waals surface area contributed by atoms with Crippen LogP contribution >= 0.6 is 11.6 Å². The summed E-state index contributed by atoms with van der Waals surface area (Å²) >= 11 is 6.17. The molecule has 1 aliphatic heterocycles. The molecule has 4 rings (SSSR count). The number of aromatic nitrogens is 1. The third kappa shape index (κ3) is 4.86. The van der Waals surface area contributed by atoms with E-state index in [2.05, 4.69) is 52.4 Å². The van der Waals surface area contributed by atoms with Gasteiger partial charge in [-0.3, -0.25) is 0 Å². The van der Waals surface area contributed by atoms with Crippen LogP contribution in [0.3, 0.4) is 0 Å². The van der Waals surface area contributed by atoms with Crippen LogP contribution < -0.4 is 15.1 Å². The number of halogens is 1.